The minimum atomic E-state index is -3.50. The van der Waals surface area contributed by atoms with Crippen LogP contribution in [0.2, 0.25) is 0 Å². The van der Waals surface area contributed by atoms with E-state index in [4.69, 9.17) is 9.47 Å². The molecule has 0 aliphatic carbocycles. The van der Waals surface area contributed by atoms with Gasteiger partial charge in [0, 0.05) is 39.7 Å². The summed E-state index contributed by atoms with van der Waals surface area (Å²) < 4.78 is 37.7. The van der Waals surface area contributed by atoms with Crippen molar-refractivity contribution in [3.05, 3.63) is 24.3 Å². The lowest BCUT2D eigenvalue weighted by molar-refractivity contribution is -0.131. The number of ether oxygens (including phenoxy) is 2. The fraction of sp³-hybridized carbons (Fsp3) is 0.650. The molecule has 0 bridgehead atoms. The smallest absolute Gasteiger partial charge is 0.243 e. The van der Waals surface area contributed by atoms with Crippen LogP contribution in [0.25, 0.3) is 0 Å². The van der Waals surface area contributed by atoms with Gasteiger partial charge in [-0.05, 0) is 55.4 Å². The largest absolute Gasteiger partial charge is 0.497 e. The van der Waals surface area contributed by atoms with Gasteiger partial charge in [-0.2, -0.15) is 4.31 Å². The molecule has 2 aliphatic heterocycles. The molecule has 0 aromatic heterocycles. The van der Waals surface area contributed by atoms with E-state index >= 15 is 0 Å². The van der Waals surface area contributed by atoms with Gasteiger partial charge in [0.2, 0.25) is 15.9 Å². The van der Waals surface area contributed by atoms with Crippen LogP contribution in [0.15, 0.2) is 29.2 Å². The first kappa shape index (κ1) is 21.1. The first-order valence-corrected chi connectivity index (χ1v) is 11.3. The predicted molar refractivity (Wildman–Crippen MR) is 106 cm³/mol. The highest BCUT2D eigenvalue weighted by molar-refractivity contribution is 7.89. The molecule has 156 valence electrons. The van der Waals surface area contributed by atoms with Gasteiger partial charge in [0.1, 0.15) is 5.75 Å². The minimum Gasteiger partial charge on any atom is -0.497 e. The number of sulfonamides is 1. The Hall–Kier alpha value is -1.64. The number of hydrogen-bond donors (Lipinski definition) is 0. The highest BCUT2D eigenvalue weighted by Crippen LogP contribution is 2.42. The van der Waals surface area contributed by atoms with Crippen LogP contribution < -0.4 is 4.74 Å². The number of amides is 1. The lowest BCUT2D eigenvalue weighted by Crippen LogP contribution is -2.43. The van der Waals surface area contributed by atoms with E-state index in [0.717, 1.165) is 32.2 Å². The van der Waals surface area contributed by atoms with E-state index in [2.05, 4.69) is 0 Å². The Morgan fingerprint density at radius 1 is 1.00 bits per heavy atom. The highest BCUT2D eigenvalue weighted by Gasteiger charge is 2.40. The van der Waals surface area contributed by atoms with Crippen molar-refractivity contribution >= 4 is 15.9 Å². The third-order valence-corrected chi connectivity index (χ3v) is 8.09. The summed E-state index contributed by atoms with van der Waals surface area (Å²) in [6.45, 7) is 2.91. The Balaban J connectivity index is 1.63. The van der Waals surface area contributed by atoms with Crippen LogP contribution >= 0.6 is 0 Å². The van der Waals surface area contributed by atoms with Crippen LogP contribution in [0.3, 0.4) is 0 Å². The average Bonchev–Trinajstić information content (AvgIpc) is 2.86. The van der Waals surface area contributed by atoms with Crippen molar-refractivity contribution in [3.63, 3.8) is 0 Å². The Kier molecular flexibility index (Phi) is 6.62. The van der Waals surface area contributed by atoms with Crippen molar-refractivity contribution in [2.75, 3.05) is 47.0 Å². The summed E-state index contributed by atoms with van der Waals surface area (Å²) in [5, 5.41) is 0. The molecule has 0 N–H and O–H groups in total. The predicted octanol–water partition coefficient (Wildman–Crippen LogP) is 2.12. The number of methoxy groups -OCH3 is 2. The molecule has 2 fully saturated rings. The van der Waals surface area contributed by atoms with Gasteiger partial charge in [-0.1, -0.05) is 0 Å². The first-order valence-electron chi connectivity index (χ1n) is 9.81. The monoisotopic (exact) mass is 410 g/mol. The van der Waals surface area contributed by atoms with E-state index in [1.807, 2.05) is 4.90 Å². The number of piperidine rings is 1. The van der Waals surface area contributed by atoms with E-state index in [9.17, 15) is 13.2 Å². The van der Waals surface area contributed by atoms with Gasteiger partial charge >= 0.3 is 0 Å². The summed E-state index contributed by atoms with van der Waals surface area (Å²) in [6, 6.07) is 6.53. The first-order chi connectivity index (χ1) is 13.4. The SMILES string of the molecule is COCCN1CCC2(CCC1=O)CCN(S(=O)(=O)c1ccc(OC)cc1)CC2. The zero-order valence-corrected chi connectivity index (χ0v) is 17.5. The number of likely N-dealkylation sites (tertiary alicyclic amines) is 1. The van der Waals surface area contributed by atoms with Gasteiger partial charge in [0.25, 0.3) is 0 Å². The van der Waals surface area contributed by atoms with E-state index in [0.29, 0.717) is 43.3 Å². The van der Waals surface area contributed by atoms with Gasteiger partial charge in [0.05, 0.1) is 18.6 Å². The molecule has 1 amide bonds. The quantitative estimate of drug-likeness (QED) is 0.718. The Bertz CT molecular complexity index is 770. The summed E-state index contributed by atoms with van der Waals surface area (Å²) in [5.74, 6) is 0.819. The number of hydrogen-bond acceptors (Lipinski definition) is 5. The van der Waals surface area contributed by atoms with Crippen LogP contribution in [-0.4, -0.2) is 70.5 Å². The van der Waals surface area contributed by atoms with E-state index in [-0.39, 0.29) is 11.3 Å². The molecule has 7 nitrogen and oxygen atoms in total. The maximum absolute atomic E-state index is 13.0. The maximum atomic E-state index is 13.0. The Labute approximate surface area is 167 Å². The van der Waals surface area contributed by atoms with Gasteiger partial charge in [0.15, 0.2) is 0 Å². The lowest BCUT2D eigenvalue weighted by atomic mass is 9.73. The molecule has 0 atom stereocenters. The molecular formula is C20H30N2O5S. The molecule has 2 aliphatic rings. The average molecular weight is 411 g/mol. The second-order valence-electron chi connectivity index (χ2n) is 7.70. The third-order valence-electron chi connectivity index (χ3n) is 6.18. The topological polar surface area (TPSA) is 76.2 Å². The summed E-state index contributed by atoms with van der Waals surface area (Å²) in [6.07, 6.45) is 3.90. The van der Waals surface area contributed by atoms with Crippen molar-refractivity contribution in [2.24, 2.45) is 5.41 Å². The van der Waals surface area contributed by atoms with Crippen LogP contribution in [-0.2, 0) is 19.6 Å². The zero-order valence-electron chi connectivity index (χ0n) is 16.7. The third kappa shape index (κ3) is 4.50. The zero-order chi connectivity index (χ0) is 20.2. The molecule has 1 aromatic carbocycles. The molecule has 0 saturated carbocycles. The van der Waals surface area contributed by atoms with Crippen molar-refractivity contribution in [1.82, 2.24) is 9.21 Å². The number of benzene rings is 1. The molecule has 3 rings (SSSR count). The van der Waals surface area contributed by atoms with Crippen LogP contribution in [0.1, 0.15) is 32.1 Å². The normalized spacial score (nSPS) is 20.9. The molecule has 28 heavy (non-hydrogen) atoms. The van der Waals surface area contributed by atoms with Crippen molar-refractivity contribution in [2.45, 2.75) is 37.0 Å². The summed E-state index contributed by atoms with van der Waals surface area (Å²) in [5.41, 5.74) is 0.0589. The summed E-state index contributed by atoms with van der Waals surface area (Å²) in [7, 11) is -0.302. The lowest BCUT2D eigenvalue weighted by Gasteiger charge is -2.40. The van der Waals surface area contributed by atoms with Crippen LogP contribution in [0.4, 0.5) is 0 Å². The van der Waals surface area contributed by atoms with E-state index < -0.39 is 10.0 Å². The van der Waals surface area contributed by atoms with Crippen LogP contribution in [0, 0.1) is 5.41 Å². The minimum absolute atomic E-state index is 0.0589. The number of rotatable bonds is 6. The van der Waals surface area contributed by atoms with Gasteiger partial charge in [-0.3, -0.25) is 4.79 Å². The molecule has 8 heteroatoms. The highest BCUT2D eigenvalue weighted by atomic mass is 32.2. The second-order valence-corrected chi connectivity index (χ2v) is 9.64. The van der Waals surface area contributed by atoms with Gasteiger partial charge < -0.3 is 14.4 Å². The molecule has 2 saturated heterocycles. The molecule has 0 unspecified atom stereocenters. The van der Waals surface area contributed by atoms with E-state index in [1.165, 1.54) is 0 Å². The molecule has 1 aromatic rings. The van der Waals surface area contributed by atoms with Gasteiger partial charge in [-0.15, -0.1) is 0 Å². The number of nitrogens with zero attached hydrogens (tertiary/aromatic N) is 2. The fourth-order valence-corrected chi connectivity index (χ4v) is 5.63. The molecular weight excluding hydrogens is 380 g/mol. The summed E-state index contributed by atoms with van der Waals surface area (Å²) in [4.78, 5) is 14.5. The molecule has 0 radical (unpaired) electrons. The maximum Gasteiger partial charge on any atom is 0.243 e. The van der Waals surface area contributed by atoms with Crippen molar-refractivity contribution in [3.8, 4) is 5.75 Å². The van der Waals surface area contributed by atoms with E-state index in [1.54, 1.807) is 42.8 Å². The molecule has 1 spiro atoms. The van der Waals surface area contributed by atoms with Gasteiger partial charge in [-0.25, -0.2) is 8.42 Å². The van der Waals surface area contributed by atoms with Crippen molar-refractivity contribution in [1.29, 1.82) is 0 Å². The number of carbonyl (C=O) groups is 1. The Morgan fingerprint density at radius 3 is 2.25 bits per heavy atom. The number of carbonyl (C=O) groups excluding carboxylic acids is 1. The van der Waals surface area contributed by atoms with Crippen LogP contribution in [0.5, 0.6) is 5.75 Å². The van der Waals surface area contributed by atoms with Crippen molar-refractivity contribution < 1.29 is 22.7 Å². The molecule has 2 heterocycles. The standard InChI is InChI=1S/C20H30N2O5S/c1-26-16-15-21-12-9-20(8-7-19(21)23)10-13-22(14-11-20)28(24,25)18-5-3-17(27-2)4-6-18/h3-6H,7-16H2,1-2H3. The Morgan fingerprint density at radius 2 is 1.64 bits per heavy atom. The fourth-order valence-electron chi connectivity index (χ4n) is 4.19. The summed E-state index contributed by atoms with van der Waals surface area (Å²) >= 11 is 0. The second kappa shape index (κ2) is 8.80.